The second-order valence-electron chi connectivity index (χ2n) is 5.68. The standard InChI is InChI=1S/C13H20O3/c1-12-4-3-11(14)8-10(12)2-5-13(9-12)15-6-7-16-13/h2,11,14H,3-9H2,1H3/t11-,12-/m0/s1. The maximum atomic E-state index is 9.72. The van der Waals surface area contributed by atoms with Gasteiger partial charge in [-0.25, -0.2) is 0 Å². The molecule has 0 amide bonds. The fourth-order valence-corrected chi connectivity index (χ4v) is 3.44. The zero-order valence-electron chi connectivity index (χ0n) is 9.87. The maximum Gasteiger partial charge on any atom is 0.172 e. The maximum absolute atomic E-state index is 9.72. The number of aliphatic hydroxyl groups is 1. The molecular weight excluding hydrogens is 204 g/mol. The molecule has 2 fully saturated rings. The summed E-state index contributed by atoms with van der Waals surface area (Å²) in [5.41, 5.74) is 1.60. The molecule has 2 atom stereocenters. The lowest BCUT2D eigenvalue weighted by molar-refractivity contribution is -0.181. The highest BCUT2D eigenvalue weighted by Gasteiger charge is 2.48. The molecule has 16 heavy (non-hydrogen) atoms. The van der Waals surface area contributed by atoms with Crippen LogP contribution in [-0.2, 0) is 9.47 Å². The molecule has 1 spiro atoms. The van der Waals surface area contributed by atoms with Gasteiger partial charge in [0.15, 0.2) is 5.79 Å². The molecular formula is C13H20O3. The third kappa shape index (κ3) is 1.62. The average molecular weight is 224 g/mol. The van der Waals surface area contributed by atoms with Crippen LogP contribution in [0.2, 0.25) is 0 Å². The molecule has 90 valence electrons. The molecule has 2 aliphatic carbocycles. The Morgan fingerprint density at radius 2 is 2.12 bits per heavy atom. The summed E-state index contributed by atoms with van der Waals surface area (Å²) in [6.45, 7) is 3.74. The molecule has 1 aliphatic heterocycles. The second kappa shape index (κ2) is 3.56. The fraction of sp³-hybridized carbons (Fsp3) is 0.846. The van der Waals surface area contributed by atoms with Crippen LogP contribution >= 0.6 is 0 Å². The number of aliphatic hydroxyl groups excluding tert-OH is 1. The average Bonchev–Trinajstić information content (AvgIpc) is 2.68. The van der Waals surface area contributed by atoms with Crippen LogP contribution in [0.5, 0.6) is 0 Å². The van der Waals surface area contributed by atoms with Crippen LogP contribution in [0, 0.1) is 5.41 Å². The summed E-state index contributed by atoms with van der Waals surface area (Å²) >= 11 is 0. The third-order valence-corrected chi connectivity index (χ3v) is 4.39. The molecule has 3 rings (SSSR count). The first-order chi connectivity index (χ1) is 7.62. The minimum absolute atomic E-state index is 0.140. The third-order valence-electron chi connectivity index (χ3n) is 4.39. The van der Waals surface area contributed by atoms with E-state index in [-0.39, 0.29) is 17.3 Å². The topological polar surface area (TPSA) is 38.7 Å². The van der Waals surface area contributed by atoms with Crippen molar-refractivity contribution in [3.63, 3.8) is 0 Å². The van der Waals surface area contributed by atoms with E-state index in [4.69, 9.17) is 9.47 Å². The first-order valence-electron chi connectivity index (χ1n) is 6.27. The summed E-state index contributed by atoms with van der Waals surface area (Å²) in [6, 6.07) is 0. The van der Waals surface area contributed by atoms with Crippen LogP contribution in [0.25, 0.3) is 0 Å². The van der Waals surface area contributed by atoms with Gasteiger partial charge in [-0.05, 0) is 24.7 Å². The van der Waals surface area contributed by atoms with E-state index in [1.54, 1.807) is 0 Å². The summed E-state index contributed by atoms with van der Waals surface area (Å²) in [4.78, 5) is 0. The Kier molecular flexibility index (Phi) is 2.39. The van der Waals surface area contributed by atoms with E-state index in [1.807, 2.05) is 0 Å². The minimum atomic E-state index is -0.347. The normalized spacial score (nSPS) is 41.9. The van der Waals surface area contributed by atoms with Crippen molar-refractivity contribution < 1.29 is 14.6 Å². The quantitative estimate of drug-likeness (QED) is 0.640. The van der Waals surface area contributed by atoms with Gasteiger partial charge in [-0.2, -0.15) is 0 Å². The van der Waals surface area contributed by atoms with Gasteiger partial charge in [0.25, 0.3) is 0 Å². The highest BCUT2D eigenvalue weighted by molar-refractivity contribution is 5.22. The number of ether oxygens (including phenoxy) is 2. The molecule has 1 heterocycles. The Labute approximate surface area is 96.4 Å². The summed E-state index contributed by atoms with van der Waals surface area (Å²) in [5.74, 6) is -0.347. The molecule has 1 N–H and O–H groups in total. The predicted octanol–water partition coefficient (Wildman–Crippen LogP) is 2.00. The molecule has 0 radical (unpaired) electrons. The van der Waals surface area contributed by atoms with E-state index in [1.165, 1.54) is 5.57 Å². The van der Waals surface area contributed by atoms with Crippen molar-refractivity contribution in [1.82, 2.24) is 0 Å². The van der Waals surface area contributed by atoms with Crippen molar-refractivity contribution in [3.05, 3.63) is 11.6 Å². The highest BCUT2D eigenvalue weighted by Crippen LogP contribution is 2.52. The second-order valence-corrected chi connectivity index (χ2v) is 5.68. The monoisotopic (exact) mass is 224 g/mol. The van der Waals surface area contributed by atoms with Crippen molar-refractivity contribution in [1.29, 1.82) is 0 Å². The Morgan fingerprint density at radius 1 is 1.38 bits per heavy atom. The number of hydrogen-bond donors (Lipinski definition) is 1. The molecule has 0 aromatic heterocycles. The lowest BCUT2D eigenvalue weighted by atomic mass is 9.64. The Bertz CT molecular complexity index is 317. The number of rotatable bonds is 0. The number of fused-ring (bicyclic) bond motifs is 1. The predicted molar refractivity (Wildman–Crippen MR) is 59.9 cm³/mol. The smallest absolute Gasteiger partial charge is 0.172 e. The summed E-state index contributed by atoms with van der Waals surface area (Å²) in [6.07, 6.45) is 6.71. The van der Waals surface area contributed by atoms with E-state index < -0.39 is 0 Å². The number of hydrogen-bond acceptors (Lipinski definition) is 3. The van der Waals surface area contributed by atoms with E-state index in [2.05, 4.69) is 13.0 Å². The van der Waals surface area contributed by atoms with E-state index >= 15 is 0 Å². The zero-order valence-corrected chi connectivity index (χ0v) is 9.87. The van der Waals surface area contributed by atoms with Crippen molar-refractivity contribution in [2.24, 2.45) is 5.41 Å². The Balaban J connectivity index is 1.86. The van der Waals surface area contributed by atoms with Gasteiger partial charge in [0.2, 0.25) is 0 Å². The fourth-order valence-electron chi connectivity index (χ4n) is 3.44. The molecule has 0 aromatic carbocycles. The van der Waals surface area contributed by atoms with E-state index in [0.29, 0.717) is 0 Å². The lowest BCUT2D eigenvalue weighted by Gasteiger charge is -2.46. The SMILES string of the molecule is C[C@@]12CC[C@H](O)CC1=CCC1(C2)OCCO1. The summed E-state index contributed by atoms with van der Waals surface area (Å²) < 4.78 is 11.6. The van der Waals surface area contributed by atoms with Crippen LogP contribution in [0.15, 0.2) is 11.6 Å². The Hall–Kier alpha value is -0.380. The van der Waals surface area contributed by atoms with Gasteiger partial charge in [0, 0.05) is 12.8 Å². The minimum Gasteiger partial charge on any atom is -0.393 e. The van der Waals surface area contributed by atoms with Gasteiger partial charge in [-0.15, -0.1) is 0 Å². The van der Waals surface area contributed by atoms with Crippen LogP contribution in [0.4, 0.5) is 0 Å². The van der Waals surface area contributed by atoms with Crippen molar-refractivity contribution >= 4 is 0 Å². The van der Waals surface area contributed by atoms with Gasteiger partial charge < -0.3 is 14.6 Å². The lowest BCUT2D eigenvalue weighted by Crippen LogP contribution is -2.43. The van der Waals surface area contributed by atoms with Gasteiger partial charge >= 0.3 is 0 Å². The van der Waals surface area contributed by atoms with Crippen LogP contribution in [0.1, 0.15) is 39.0 Å². The van der Waals surface area contributed by atoms with E-state index in [9.17, 15) is 5.11 Å². The van der Waals surface area contributed by atoms with E-state index in [0.717, 1.165) is 45.3 Å². The van der Waals surface area contributed by atoms with Gasteiger partial charge in [-0.3, -0.25) is 0 Å². The van der Waals surface area contributed by atoms with Crippen LogP contribution in [-0.4, -0.2) is 30.2 Å². The molecule has 0 aromatic rings. The summed E-state index contributed by atoms with van der Waals surface area (Å²) in [5, 5.41) is 9.72. The first kappa shape index (κ1) is 10.8. The summed E-state index contributed by atoms with van der Waals surface area (Å²) in [7, 11) is 0. The van der Waals surface area contributed by atoms with Crippen molar-refractivity contribution in [2.75, 3.05) is 13.2 Å². The van der Waals surface area contributed by atoms with Crippen LogP contribution < -0.4 is 0 Å². The molecule has 0 unspecified atom stereocenters. The van der Waals surface area contributed by atoms with Gasteiger partial charge in [-0.1, -0.05) is 18.6 Å². The molecule has 3 heteroatoms. The zero-order chi connectivity index (χ0) is 11.2. The highest BCUT2D eigenvalue weighted by atomic mass is 16.7. The van der Waals surface area contributed by atoms with Crippen molar-refractivity contribution in [2.45, 2.75) is 50.9 Å². The largest absolute Gasteiger partial charge is 0.393 e. The van der Waals surface area contributed by atoms with Crippen LogP contribution in [0.3, 0.4) is 0 Å². The molecule has 1 saturated carbocycles. The van der Waals surface area contributed by atoms with Crippen molar-refractivity contribution in [3.8, 4) is 0 Å². The molecule has 1 saturated heterocycles. The van der Waals surface area contributed by atoms with Gasteiger partial charge in [0.05, 0.1) is 19.3 Å². The van der Waals surface area contributed by atoms with Gasteiger partial charge in [0.1, 0.15) is 0 Å². The first-order valence-corrected chi connectivity index (χ1v) is 6.27. The molecule has 0 bridgehead atoms. The Morgan fingerprint density at radius 3 is 2.88 bits per heavy atom. The molecule has 3 aliphatic rings. The molecule has 3 nitrogen and oxygen atoms in total.